The molecule has 0 aliphatic carbocycles. The summed E-state index contributed by atoms with van der Waals surface area (Å²) in [5, 5.41) is 9.22. The molecule has 0 radical (unpaired) electrons. The third-order valence-electron chi connectivity index (χ3n) is 3.43. The molecular weight excluding hydrogens is 320 g/mol. The van der Waals surface area contributed by atoms with Crippen molar-refractivity contribution in [3.63, 3.8) is 0 Å². The molecule has 9 heteroatoms. The predicted octanol–water partition coefficient (Wildman–Crippen LogP) is 1.47. The number of aryl methyl sites for hydroxylation is 3. The zero-order valence-electron chi connectivity index (χ0n) is 12.9. The second-order valence-electron chi connectivity index (χ2n) is 5.39. The van der Waals surface area contributed by atoms with Crippen molar-refractivity contribution in [3.05, 3.63) is 29.1 Å². The van der Waals surface area contributed by atoms with Crippen LogP contribution in [0.3, 0.4) is 0 Å². The van der Waals surface area contributed by atoms with E-state index in [0.29, 0.717) is 22.8 Å². The van der Waals surface area contributed by atoms with Crippen LogP contribution in [0.4, 0.5) is 11.4 Å². The number of aromatic amines is 1. The van der Waals surface area contributed by atoms with E-state index in [4.69, 9.17) is 4.74 Å². The van der Waals surface area contributed by atoms with E-state index in [1.54, 1.807) is 32.9 Å². The van der Waals surface area contributed by atoms with Crippen LogP contribution >= 0.6 is 0 Å². The lowest BCUT2D eigenvalue weighted by Crippen LogP contribution is -2.26. The van der Waals surface area contributed by atoms with E-state index >= 15 is 0 Å². The second-order valence-corrected chi connectivity index (χ2v) is 7.01. The summed E-state index contributed by atoms with van der Waals surface area (Å²) in [4.78, 5) is 11.5. The Bertz CT molecular complexity index is 882. The third-order valence-corrected chi connectivity index (χ3v) is 5.06. The largest absolute Gasteiger partial charge is 0.479 e. The number of H-pyrrole nitrogens is 1. The van der Waals surface area contributed by atoms with Crippen molar-refractivity contribution >= 4 is 27.3 Å². The number of ether oxygens (including phenoxy) is 1. The Hall–Kier alpha value is -2.55. The molecule has 23 heavy (non-hydrogen) atoms. The molecule has 0 saturated carbocycles. The molecular formula is C14H16N4O4S. The molecule has 3 rings (SSSR count). The summed E-state index contributed by atoms with van der Waals surface area (Å²) < 4.78 is 33.2. The highest BCUT2D eigenvalue weighted by atomic mass is 32.2. The summed E-state index contributed by atoms with van der Waals surface area (Å²) >= 11 is 0. The highest BCUT2D eigenvalue weighted by Gasteiger charge is 2.26. The van der Waals surface area contributed by atoms with E-state index in [-0.39, 0.29) is 23.1 Å². The van der Waals surface area contributed by atoms with Gasteiger partial charge >= 0.3 is 0 Å². The molecule has 0 bridgehead atoms. The first-order valence-electron chi connectivity index (χ1n) is 6.89. The standard InChI is InChI=1S/C14H16N4O4S/c1-7-4-10-13(22-6-12(19)15-10)11(5-7)18-23(20,21)14-8(2)16-17-9(14)3/h4-5,18H,6H2,1-3H3,(H,15,19)(H,16,17). The van der Waals surface area contributed by atoms with E-state index in [0.717, 1.165) is 5.56 Å². The van der Waals surface area contributed by atoms with Crippen molar-refractivity contribution in [2.45, 2.75) is 25.7 Å². The number of aromatic nitrogens is 2. The summed E-state index contributed by atoms with van der Waals surface area (Å²) in [6, 6.07) is 3.37. The highest BCUT2D eigenvalue weighted by molar-refractivity contribution is 7.92. The van der Waals surface area contributed by atoms with Gasteiger partial charge in [-0.15, -0.1) is 0 Å². The fourth-order valence-corrected chi connectivity index (χ4v) is 3.98. The number of anilines is 2. The Labute approximate surface area is 133 Å². The van der Waals surface area contributed by atoms with Gasteiger partial charge in [0.1, 0.15) is 4.90 Å². The summed E-state index contributed by atoms with van der Waals surface area (Å²) in [6.45, 7) is 4.89. The number of hydrogen-bond donors (Lipinski definition) is 3. The number of carbonyl (C=O) groups is 1. The molecule has 0 atom stereocenters. The molecule has 0 unspecified atom stereocenters. The Balaban J connectivity index is 2.05. The first kappa shape index (κ1) is 15.3. The molecule has 1 amide bonds. The van der Waals surface area contributed by atoms with Crippen molar-refractivity contribution in [2.24, 2.45) is 0 Å². The maximum atomic E-state index is 12.7. The molecule has 0 spiro atoms. The van der Waals surface area contributed by atoms with Crippen LogP contribution in [-0.4, -0.2) is 31.1 Å². The maximum Gasteiger partial charge on any atom is 0.265 e. The van der Waals surface area contributed by atoms with E-state index in [1.807, 2.05) is 0 Å². The number of nitrogens with zero attached hydrogens (tertiary/aromatic N) is 1. The van der Waals surface area contributed by atoms with E-state index in [9.17, 15) is 13.2 Å². The van der Waals surface area contributed by atoms with Gasteiger partial charge in [-0.3, -0.25) is 14.6 Å². The topological polar surface area (TPSA) is 113 Å². The van der Waals surface area contributed by atoms with Crippen molar-refractivity contribution in [3.8, 4) is 5.75 Å². The molecule has 1 aliphatic heterocycles. The third kappa shape index (κ3) is 2.74. The zero-order valence-corrected chi connectivity index (χ0v) is 13.7. The highest BCUT2D eigenvalue weighted by Crippen LogP contribution is 2.38. The molecule has 3 N–H and O–H groups in total. The number of fused-ring (bicyclic) bond motifs is 1. The summed E-state index contributed by atoms with van der Waals surface area (Å²) in [6.07, 6.45) is 0. The van der Waals surface area contributed by atoms with Crippen LogP contribution in [-0.2, 0) is 14.8 Å². The van der Waals surface area contributed by atoms with Crippen molar-refractivity contribution in [1.29, 1.82) is 0 Å². The lowest BCUT2D eigenvalue weighted by Gasteiger charge is -2.22. The number of carbonyl (C=O) groups excluding carboxylic acids is 1. The molecule has 1 aromatic carbocycles. The van der Waals surface area contributed by atoms with Gasteiger partial charge in [0.05, 0.1) is 22.8 Å². The zero-order chi connectivity index (χ0) is 16.8. The average molecular weight is 336 g/mol. The lowest BCUT2D eigenvalue weighted by molar-refractivity contribution is -0.118. The molecule has 1 aromatic heterocycles. The van der Waals surface area contributed by atoms with Gasteiger partial charge in [0, 0.05) is 0 Å². The summed E-state index contributed by atoms with van der Waals surface area (Å²) in [5.41, 5.74) is 2.34. The maximum absolute atomic E-state index is 12.7. The predicted molar refractivity (Wildman–Crippen MR) is 84.2 cm³/mol. The minimum atomic E-state index is -3.83. The first-order valence-corrected chi connectivity index (χ1v) is 8.38. The van der Waals surface area contributed by atoms with Crippen molar-refractivity contribution in [2.75, 3.05) is 16.6 Å². The SMILES string of the molecule is Cc1cc2c(c(NS(=O)(=O)c3c(C)n[nH]c3C)c1)OCC(=O)N2. The number of hydrogen-bond acceptors (Lipinski definition) is 5. The summed E-state index contributed by atoms with van der Waals surface area (Å²) in [5.74, 6) is 0.0241. The minimum Gasteiger partial charge on any atom is -0.479 e. The van der Waals surface area contributed by atoms with Gasteiger partial charge < -0.3 is 10.1 Å². The smallest absolute Gasteiger partial charge is 0.265 e. The van der Waals surface area contributed by atoms with Crippen LogP contribution in [0.2, 0.25) is 0 Å². The van der Waals surface area contributed by atoms with Crippen LogP contribution in [0.25, 0.3) is 0 Å². The van der Waals surface area contributed by atoms with Gasteiger partial charge in [-0.05, 0) is 38.5 Å². The molecule has 2 heterocycles. The van der Waals surface area contributed by atoms with Crippen molar-refractivity contribution in [1.82, 2.24) is 10.2 Å². The van der Waals surface area contributed by atoms with Crippen LogP contribution in [0.1, 0.15) is 17.0 Å². The minimum absolute atomic E-state index is 0.104. The molecule has 8 nitrogen and oxygen atoms in total. The molecule has 122 valence electrons. The lowest BCUT2D eigenvalue weighted by atomic mass is 10.1. The number of sulfonamides is 1. The normalized spacial score (nSPS) is 14.0. The molecule has 2 aromatic rings. The Kier molecular flexibility index (Phi) is 3.52. The van der Waals surface area contributed by atoms with Crippen LogP contribution < -0.4 is 14.8 Å². The van der Waals surface area contributed by atoms with E-state index < -0.39 is 10.0 Å². The molecule has 0 fully saturated rings. The number of amides is 1. The number of nitrogens with one attached hydrogen (secondary N) is 3. The molecule has 0 saturated heterocycles. The number of benzene rings is 1. The second kappa shape index (κ2) is 5.27. The van der Waals surface area contributed by atoms with Gasteiger partial charge in [-0.25, -0.2) is 8.42 Å². The van der Waals surface area contributed by atoms with Gasteiger partial charge in [-0.2, -0.15) is 5.10 Å². The van der Waals surface area contributed by atoms with Gasteiger partial charge in [0.15, 0.2) is 12.4 Å². The first-order chi connectivity index (χ1) is 10.8. The van der Waals surface area contributed by atoms with Crippen LogP contribution in [0, 0.1) is 20.8 Å². The Morgan fingerprint density at radius 1 is 1.26 bits per heavy atom. The Morgan fingerprint density at radius 3 is 2.65 bits per heavy atom. The number of rotatable bonds is 3. The van der Waals surface area contributed by atoms with Crippen molar-refractivity contribution < 1.29 is 17.9 Å². The fourth-order valence-electron chi connectivity index (χ4n) is 2.55. The van der Waals surface area contributed by atoms with E-state index in [1.165, 1.54) is 0 Å². The van der Waals surface area contributed by atoms with Gasteiger partial charge in [0.25, 0.3) is 15.9 Å². The summed E-state index contributed by atoms with van der Waals surface area (Å²) in [7, 11) is -3.83. The van der Waals surface area contributed by atoms with Crippen LogP contribution in [0.5, 0.6) is 5.75 Å². The molecule has 1 aliphatic rings. The van der Waals surface area contributed by atoms with E-state index in [2.05, 4.69) is 20.2 Å². The quantitative estimate of drug-likeness (QED) is 0.785. The van der Waals surface area contributed by atoms with Crippen LogP contribution in [0.15, 0.2) is 17.0 Å². The fraction of sp³-hybridized carbons (Fsp3) is 0.286. The average Bonchev–Trinajstić information content (AvgIpc) is 2.77. The van der Waals surface area contributed by atoms with Gasteiger partial charge in [0.2, 0.25) is 0 Å². The Morgan fingerprint density at radius 2 is 2.00 bits per heavy atom. The monoisotopic (exact) mass is 336 g/mol. The van der Waals surface area contributed by atoms with Gasteiger partial charge in [-0.1, -0.05) is 0 Å².